The molecule has 0 aliphatic rings. The minimum Gasteiger partial charge on any atom is -0.410 e. The lowest BCUT2D eigenvalue weighted by Crippen LogP contribution is -2.18. The standard InChI is InChI=1S/C21H13FN2O2/c22-14-11-9-13(10-12-14)21(25)20(24-26)19-17-7-2-1-5-15(17)16-6-3-4-8-18(16)23-19/h1-12,26H/b24-20+. The molecule has 1 aromatic heterocycles. The Labute approximate surface area is 148 Å². The van der Waals surface area contributed by atoms with Crippen LogP contribution in [0.3, 0.4) is 0 Å². The number of halogens is 1. The third-order valence-corrected chi connectivity index (χ3v) is 4.25. The smallest absolute Gasteiger partial charge is 0.217 e. The number of pyridine rings is 1. The zero-order valence-corrected chi connectivity index (χ0v) is 13.6. The number of aromatic nitrogens is 1. The van der Waals surface area contributed by atoms with E-state index in [1.807, 2.05) is 48.5 Å². The molecule has 1 N–H and O–H groups in total. The van der Waals surface area contributed by atoms with Crippen molar-refractivity contribution in [2.24, 2.45) is 5.16 Å². The van der Waals surface area contributed by atoms with Gasteiger partial charge in [-0.2, -0.15) is 0 Å². The summed E-state index contributed by atoms with van der Waals surface area (Å²) in [5, 5.41) is 15.3. The number of oxime groups is 1. The van der Waals surface area contributed by atoms with Crippen molar-refractivity contribution in [3.8, 4) is 0 Å². The molecule has 4 aromatic rings. The number of carbonyl (C=O) groups is 1. The second-order valence-corrected chi connectivity index (χ2v) is 5.81. The number of nitrogens with zero attached hydrogens (tertiary/aromatic N) is 2. The van der Waals surface area contributed by atoms with Gasteiger partial charge in [0.1, 0.15) is 11.5 Å². The molecule has 0 aliphatic heterocycles. The second kappa shape index (κ2) is 6.37. The van der Waals surface area contributed by atoms with Gasteiger partial charge in [0.05, 0.1) is 5.52 Å². The summed E-state index contributed by atoms with van der Waals surface area (Å²) in [6.45, 7) is 0. The van der Waals surface area contributed by atoms with Crippen LogP contribution < -0.4 is 0 Å². The van der Waals surface area contributed by atoms with E-state index in [9.17, 15) is 14.4 Å². The Morgan fingerprint density at radius 2 is 1.46 bits per heavy atom. The van der Waals surface area contributed by atoms with Crippen LogP contribution in [-0.4, -0.2) is 21.7 Å². The SMILES string of the molecule is O=C(/C(=N/O)c1nc2ccccc2c2ccccc12)c1ccc(F)cc1. The number of fused-ring (bicyclic) bond motifs is 3. The first-order valence-corrected chi connectivity index (χ1v) is 7.99. The first-order chi connectivity index (χ1) is 12.7. The lowest BCUT2D eigenvalue weighted by molar-refractivity contribution is 0.106. The molecule has 0 amide bonds. The molecule has 4 nitrogen and oxygen atoms in total. The van der Waals surface area contributed by atoms with Crippen molar-refractivity contribution in [3.63, 3.8) is 0 Å². The minimum absolute atomic E-state index is 0.182. The van der Waals surface area contributed by atoms with Crippen molar-refractivity contribution >= 4 is 33.2 Å². The summed E-state index contributed by atoms with van der Waals surface area (Å²) in [6.07, 6.45) is 0. The maximum absolute atomic E-state index is 13.1. The lowest BCUT2D eigenvalue weighted by Gasteiger charge is -2.10. The number of para-hydroxylation sites is 1. The van der Waals surface area contributed by atoms with E-state index in [1.54, 1.807) is 0 Å². The van der Waals surface area contributed by atoms with Gasteiger partial charge in [0.25, 0.3) is 0 Å². The second-order valence-electron chi connectivity index (χ2n) is 5.81. The molecule has 26 heavy (non-hydrogen) atoms. The van der Waals surface area contributed by atoms with Crippen molar-refractivity contribution < 1.29 is 14.4 Å². The fraction of sp³-hybridized carbons (Fsp3) is 0. The van der Waals surface area contributed by atoms with Gasteiger partial charge in [-0.15, -0.1) is 0 Å². The summed E-state index contributed by atoms with van der Waals surface area (Å²) in [6, 6.07) is 20.1. The van der Waals surface area contributed by atoms with Crippen LogP contribution in [0.25, 0.3) is 21.7 Å². The highest BCUT2D eigenvalue weighted by Gasteiger charge is 2.22. The highest BCUT2D eigenvalue weighted by Crippen LogP contribution is 2.27. The van der Waals surface area contributed by atoms with Crippen LogP contribution in [0.15, 0.2) is 78.0 Å². The van der Waals surface area contributed by atoms with Gasteiger partial charge in [0.2, 0.25) is 5.78 Å². The van der Waals surface area contributed by atoms with Gasteiger partial charge in [-0.25, -0.2) is 9.37 Å². The molecule has 0 radical (unpaired) electrons. The van der Waals surface area contributed by atoms with Crippen LogP contribution in [0.2, 0.25) is 0 Å². The molecule has 5 heteroatoms. The Bertz CT molecular complexity index is 1170. The Morgan fingerprint density at radius 3 is 2.15 bits per heavy atom. The number of Topliss-reactive ketones (excluding diaryl/α,β-unsaturated/α-hetero) is 1. The summed E-state index contributed by atoms with van der Waals surface area (Å²) in [5.41, 5.74) is 1.02. The largest absolute Gasteiger partial charge is 0.410 e. The van der Waals surface area contributed by atoms with Crippen LogP contribution in [0, 0.1) is 5.82 Å². The summed E-state index contributed by atoms with van der Waals surface area (Å²) < 4.78 is 13.1. The molecule has 0 fully saturated rings. The summed E-state index contributed by atoms with van der Waals surface area (Å²) in [7, 11) is 0. The van der Waals surface area contributed by atoms with Crippen LogP contribution in [-0.2, 0) is 0 Å². The van der Waals surface area contributed by atoms with E-state index < -0.39 is 11.6 Å². The van der Waals surface area contributed by atoms with E-state index in [0.717, 1.165) is 10.8 Å². The van der Waals surface area contributed by atoms with Gasteiger partial charge < -0.3 is 5.21 Å². The molecule has 3 aromatic carbocycles. The Morgan fingerprint density at radius 1 is 0.846 bits per heavy atom. The first-order valence-electron chi connectivity index (χ1n) is 7.99. The minimum atomic E-state index is -0.527. The topological polar surface area (TPSA) is 62.5 Å². The van der Waals surface area contributed by atoms with Crippen LogP contribution in [0.1, 0.15) is 16.1 Å². The van der Waals surface area contributed by atoms with Gasteiger partial charge in [-0.05, 0) is 35.7 Å². The number of rotatable bonds is 3. The zero-order valence-electron chi connectivity index (χ0n) is 13.6. The molecular formula is C21H13FN2O2. The molecule has 0 unspecified atom stereocenters. The van der Waals surface area contributed by atoms with Crippen LogP contribution >= 0.6 is 0 Å². The molecule has 0 aliphatic carbocycles. The van der Waals surface area contributed by atoms with Crippen molar-refractivity contribution in [1.82, 2.24) is 4.98 Å². The van der Waals surface area contributed by atoms with Crippen molar-refractivity contribution in [3.05, 3.63) is 89.9 Å². The molecule has 4 rings (SSSR count). The average Bonchev–Trinajstić information content (AvgIpc) is 2.69. The van der Waals surface area contributed by atoms with Crippen molar-refractivity contribution in [2.75, 3.05) is 0 Å². The predicted molar refractivity (Wildman–Crippen MR) is 98.3 cm³/mol. The molecular weight excluding hydrogens is 331 g/mol. The van der Waals surface area contributed by atoms with Crippen LogP contribution in [0.4, 0.5) is 4.39 Å². The van der Waals surface area contributed by atoms with Gasteiger partial charge in [0, 0.05) is 16.3 Å². The number of carbonyl (C=O) groups excluding carboxylic acids is 1. The number of hydrogen-bond donors (Lipinski definition) is 1. The maximum Gasteiger partial charge on any atom is 0.217 e. The average molecular weight is 344 g/mol. The van der Waals surface area contributed by atoms with Crippen LogP contribution in [0.5, 0.6) is 0 Å². The van der Waals surface area contributed by atoms with Gasteiger partial charge >= 0.3 is 0 Å². The summed E-state index contributed by atoms with van der Waals surface area (Å²) >= 11 is 0. The summed E-state index contributed by atoms with van der Waals surface area (Å²) in [4.78, 5) is 17.4. The van der Waals surface area contributed by atoms with Gasteiger partial charge in [0.15, 0.2) is 5.71 Å². The van der Waals surface area contributed by atoms with E-state index in [0.29, 0.717) is 10.9 Å². The van der Waals surface area contributed by atoms with E-state index >= 15 is 0 Å². The third-order valence-electron chi connectivity index (χ3n) is 4.25. The molecule has 0 saturated carbocycles. The van der Waals surface area contributed by atoms with E-state index in [1.165, 1.54) is 24.3 Å². The van der Waals surface area contributed by atoms with Gasteiger partial charge in [-0.1, -0.05) is 47.6 Å². The van der Waals surface area contributed by atoms with Crippen molar-refractivity contribution in [1.29, 1.82) is 0 Å². The van der Waals surface area contributed by atoms with E-state index in [2.05, 4.69) is 10.1 Å². The molecule has 126 valence electrons. The Hall–Kier alpha value is -3.60. The normalized spacial score (nSPS) is 11.8. The van der Waals surface area contributed by atoms with E-state index in [-0.39, 0.29) is 17.0 Å². The quantitative estimate of drug-likeness (QED) is 0.194. The molecule has 1 heterocycles. The molecule has 0 saturated heterocycles. The highest BCUT2D eigenvalue weighted by molar-refractivity contribution is 6.52. The zero-order chi connectivity index (χ0) is 18.1. The first kappa shape index (κ1) is 15.9. The Kier molecular flexibility index (Phi) is 3.89. The monoisotopic (exact) mass is 344 g/mol. The molecule has 0 spiro atoms. The highest BCUT2D eigenvalue weighted by atomic mass is 19.1. The Balaban J connectivity index is 1.96. The fourth-order valence-electron chi connectivity index (χ4n) is 3.02. The summed E-state index contributed by atoms with van der Waals surface area (Å²) in [5.74, 6) is -0.973. The third kappa shape index (κ3) is 2.59. The number of benzene rings is 3. The van der Waals surface area contributed by atoms with Gasteiger partial charge in [-0.3, -0.25) is 4.79 Å². The molecule has 0 atom stereocenters. The lowest BCUT2D eigenvalue weighted by atomic mass is 9.98. The number of hydrogen-bond acceptors (Lipinski definition) is 4. The predicted octanol–water partition coefficient (Wildman–Crippen LogP) is 4.59. The van der Waals surface area contributed by atoms with E-state index in [4.69, 9.17) is 0 Å². The van der Waals surface area contributed by atoms with Crippen molar-refractivity contribution in [2.45, 2.75) is 0 Å². The number of ketones is 1. The fourth-order valence-corrected chi connectivity index (χ4v) is 3.02. The maximum atomic E-state index is 13.1. The molecule has 0 bridgehead atoms.